The van der Waals surface area contributed by atoms with E-state index in [1.807, 2.05) is 0 Å². The van der Waals surface area contributed by atoms with Crippen molar-refractivity contribution >= 4 is 6.41 Å². The highest BCUT2D eigenvalue weighted by Gasteiger charge is 1.92. The molecule has 0 saturated heterocycles. The van der Waals surface area contributed by atoms with Crippen LogP contribution in [0.1, 0.15) is 26.2 Å². The Morgan fingerprint density at radius 1 is 1.33 bits per heavy atom. The number of carbonyl (C=O) groups excluding carboxylic acids is 1. The second-order valence-electron chi connectivity index (χ2n) is 2.91. The normalized spacial score (nSPS) is 9.83. The molecule has 0 bridgehead atoms. The van der Waals surface area contributed by atoms with Crippen LogP contribution in [-0.4, -0.2) is 38.1 Å². The molecule has 0 aliphatic carbocycles. The van der Waals surface area contributed by atoms with E-state index in [0.29, 0.717) is 13.2 Å². The zero-order valence-corrected chi connectivity index (χ0v) is 8.08. The highest BCUT2D eigenvalue weighted by atomic mass is 16.5. The molecule has 0 fully saturated rings. The van der Waals surface area contributed by atoms with Gasteiger partial charge in [-0.1, -0.05) is 19.8 Å². The first-order valence-electron chi connectivity index (χ1n) is 4.54. The first-order valence-corrected chi connectivity index (χ1v) is 4.54. The van der Waals surface area contributed by atoms with Crippen LogP contribution < -0.4 is 0 Å². The summed E-state index contributed by atoms with van der Waals surface area (Å²) in [5, 5.41) is 0. The predicted octanol–water partition coefficient (Wildman–Crippen LogP) is 1.28. The van der Waals surface area contributed by atoms with E-state index in [1.54, 1.807) is 11.9 Å². The number of hydrogen-bond acceptors (Lipinski definition) is 2. The average molecular weight is 173 g/mol. The highest BCUT2D eigenvalue weighted by Crippen LogP contribution is 1.93. The molecule has 0 atom stereocenters. The van der Waals surface area contributed by atoms with Crippen LogP contribution in [-0.2, 0) is 9.53 Å². The Kier molecular flexibility index (Phi) is 8.12. The van der Waals surface area contributed by atoms with Crippen LogP contribution in [0.25, 0.3) is 0 Å². The Hall–Kier alpha value is -0.570. The zero-order chi connectivity index (χ0) is 9.23. The lowest BCUT2D eigenvalue weighted by atomic mass is 10.3. The van der Waals surface area contributed by atoms with Crippen molar-refractivity contribution in [2.24, 2.45) is 0 Å². The van der Waals surface area contributed by atoms with E-state index in [1.165, 1.54) is 12.8 Å². The van der Waals surface area contributed by atoms with Gasteiger partial charge in [0.1, 0.15) is 0 Å². The van der Waals surface area contributed by atoms with E-state index in [2.05, 4.69) is 6.92 Å². The third kappa shape index (κ3) is 7.54. The van der Waals surface area contributed by atoms with Crippen molar-refractivity contribution in [3.8, 4) is 0 Å². The standard InChI is InChI=1S/C9H19NO2/c1-3-4-5-7-12-8-6-10(2)9-11/h9H,3-8H2,1-2H3. The van der Waals surface area contributed by atoms with Gasteiger partial charge in [0.05, 0.1) is 6.61 Å². The monoisotopic (exact) mass is 173 g/mol. The third-order valence-electron chi connectivity index (χ3n) is 1.66. The van der Waals surface area contributed by atoms with E-state index in [9.17, 15) is 4.79 Å². The van der Waals surface area contributed by atoms with Crippen molar-refractivity contribution in [3.63, 3.8) is 0 Å². The van der Waals surface area contributed by atoms with Crippen LogP contribution in [0.5, 0.6) is 0 Å². The van der Waals surface area contributed by atoms with Crippen LogP contribution in [0.4, 0.5) is 0 Å². The molecule has 0 aliphatic rings. The first-order chi connectivity index (χ1) is 5.81. The molecule has 0 heterocycles. The molecule has 0 aromatic carbocycles. The van der Waals surface area contributed by atoms with Crippen molar-refractivity contribution in [1.82, 2.24) is 4.90 Å². The highest BCUT2D eigenvalue weighted by molar-refractivity contribution is 5.46. The van der Waals surface area contributed by atoms with Gasteiger partial charge in [0, 0.05) is 20.2 Å². The van der Waals surface area contributed by atoms with E-state index < -0.39 is 0 Å². The maximum absolute atomic E-state index is 10.1. The largest absolute Gasteiger partial charge is 0.380 e. The number of ether oxygens (including phenoxy) is 1. The minimum absolute atomic E-state index is 0.652. The fourth-order valence-corrected chi connectivity index (χ4v) is 0.817. The Morgan fingerprint density at radius 3 is 2.67 bits per heavy atom. The molecule has 0 rings (SSSR count). The summed E-state index contributed by atoms with van der Waals surface area (Å²) < 4.78 is 5.31. The summed E-state index contributed by atoms with van der Waals surface area (Å²) in [6.07, 6.45) is 4.39. The van der Waals surface area contributed by atoms with Gasteiger partial charge in [-0.3, -0.25) is 4.79 Å². The predicted molar refractivity (Wildman–Crippen MR) is 49.0 cm³/mol. The number of carbonyl (C=O) groups is 1. The molecule has 72 valence electrons. The molecule has 3 heteroatoms. The smallest absolute Gasteiger partial charge is 0.209 e. The molecular weight excluding hydrogens is 154 g/mol. The third-order valence-corrected chi connectivity index (χ3v) is 1.66. The lowest BCUT2D eigenvalue weighted by Crippen LogP contribution is -2.21. The van der Waals surface area contributed by atoms with Gasteiger partial charge in [0.25, 0.3) is 0 Å². The Labute approximate surface area is 74.7 Å². The van der Waals surface area contributed by atoms with Crippen LogP contribution in [0, 0.1) is 0 Å². The molecular formula is C9H19NO2. The van der Waals surface area contributed by atoms with Crippen molar-refractivity contribution in [1.29, 1.82) is 0 Å². The van der Waals surface area contributed by atoms with E-state index >= 15 is 0 Å². The molecule has 0 spiro atoms. The quantitative estimate of drug-likeness (QED) is 0.409. The van der Waals surface area contributed by atoms with Crippen molar-refractivity contribution < 1.29 is 9.53 Å². The molecule has 0 aromatic heterocycles. The van der Waals surface area contributed by atoms with Crippen LogP contribution in [0.3, 0.4) is 0 Å². The zero-order valence-electron chi connectivity index (χ0n) is 8.08. The summed E-state index contributed by atoms with van der Waals surface area (Å²) in [5.41, 5.74) is 0. The fraction of sp³-hybridized carbons (Fsp3) is 0.889. The van der Waals surface area contributed by atoms with Crippen LogP contribution >= 0.6 is 0 Å². The first kappa shape index (κ1) is 11.4. The fourth-order valence-electron chi connectivity index (χ4n) is 0.817. The number of nitrogens with zero attached hydrogens (tertiary/aromatic N) is 1. The van der Waals surface area contributed by atoms with Gasteiger partial charge in [-0.2, -0.15) is 0 Å². The second-order valence-corrected chi connectivity index (χ2v) is 2.91. The summed E-state index contributed by atoms with van der Waals surface area (Å²) in [6, 6.07) is 0. The number of amides is 1. The molecule has 12 heavy (non-hydrogen) atoms. The number of hydrogen-bond donors (Lipinski definition) is 0. The Bertz CT molecular complexity index is 107. The van der Waals surface area contributed by atoms with Gasteiger partial charge in [-0.25, -0.2) is 0 Å². The lowest BCUT2D eigenvalue weighted by Gasteiger charge is -2.09. The van der Waals surface area contributed by atoms with Crippen molar-refractivity contribution in [2.75, 3.05) is 26.8 Å². The van der Waals surface area contributed by atoms with E-state index in [4.69, 9.17) is 4.74 Å². The summed E-state index contributed by atoms with van der Waals surface area (Å²) in [4.78, 5) is 11.7. The number of rotatable bonds is 8. The van der Waals surface area contributed by atoms with Crippen molar-refractivity contribution in [3.05, 3.63) is 0 Å². The maximum atomic E-state index is 10.1. The molecule has 1 amide bonds. The Balaban J connectivity index is 2.95. The Morgan fingerprint density at radius 2 is 2.08 bits per heavy atom. The van der Waals surface area contributed by atoms with E-state index in [0.717, 1.165) is 19.4 Å². The van der Waals surface area contributed by atoms with Gasteiger partial charge >= 0.3 is 0 Å². The summed E-state index contributed by atoms with van der Waals surface area (Å²) in [6.45, 7) is 4.33. The van der Waals surface area contributed by atoms with Gasteiger partial charge < -0.3 is 9.64 Å². The maximum Gasteiger partial charge on any atom is 0.209 e. The second kappa shape index (κ2) is 8.53. The van der Waals surface area contributed by atoms with Crippen molar-refractivity contribution in [2.45, 2.75) is 26.2 Å². The van der Waals surface area contributed by atoms with E-state index in [-0.39, 0.29) is 0 Å². The van der Waals surface area contributed by atoms with Gasteiger partial charge in [-0.15, -0.1) is 0 Å². The molecule has 0 aliphatic heterocycles. The topological polar surface area (TPSA) is 29.5 Å². The average Bonchev–Trinajstić information content (AvgIpc) is 2.10. The van der Waals surface area contributed by atoms with Gasteiger partial charge in [-0.05, 0) is 6.42 Å². The van der Waals surface area contributed by atoms with Gasteiger partial charge in [0.15, 0.2) is 0 Å². The van der Waals surface area contributed by atoms with Gasteiger partial charge in [0.2, 0.25) is 6.41 Å². The minimum Gasteiger partial charge on any atom is -0.380 e. The lowest BCUT2D eigenvalue weighted by molar-refractivity contribution is -0.117. The number of likely N-dealkylation sites (N-methyl/N-ethyl adjacent to an activating group) is 1. The molecule has 0 N–H and O–H groups in total. The van der Waals surface area contributed by atoms with Crippen LogP contribution in [0.15, 0.2) is 0 Å². The SMILES string of the molecule is CCCCCOCCN(C)C=O. The summed E-state index contributed by atoms with van der Waals surface area (Å²) >= 11 is 0. The minimum atomic E-state index is 0.652. The molecule has 0 aromatic rings. The molecule has 3 nitrogen and oxygen atoms in total. The van der Waals surface area contributed by atoms with Crippen LogP contribution in [0.2, 0.25) is 0 Å². The molecule has 0 radical (unpaired) electrons. The summed E-state index contributed by atoms with van der Waals surface area (Å²) in [5.74, 6) is 0. The summed E-state index contributed by atoms with van der Waals surface area (Å²) in [7, 11) is 1.75. The number of unbranched alkanes of at least 4 members (excludes halogenated alkanes) is 2. The molecule has 0 saturated carbocycles. The molecule has 0 unspecified atom stereocenters.